The molecule has 0 bridgehead atoms. The van der Waals surface area contributed by atoms with Gasteiger partial charge in [-0.1, -0.05) is 25.5 Å². The van der Waals surface area contributed by atoms with E-state index in [1.165, 1.54) is 11.8 Å². The molecule has 2 aromatic rings. The van der Waals surface area contributed by atoms with Gasteiger partial charge in [0.1, 0.15) is 5.56 Å². The third-order valence-electron chi connectivity index (χ3n) is 2.87. The summed E-state index contributed by atoms with van der Waals surface area (Å²) in [5, 5.41) is 11.6. The first-order valence-electron chi connectivity index (χ1n) is 6.35. The van der Waals surface area contributed by atoms with Gasteiger partial charge in [-0.3, -0.25) is 0 Å². The lowest BCUT2D eigenvalue weighted by molar-refractivity contribution is 0.0692. The average molecular weight is 274 g/mol. The Morgan fingerprint density at radius 2 is 2.00 bits per heavy atom. The van der Waals surface area contributed by atoms with Crippen LogP contribution in [0.4, 0.5) is 15.9 Å². The van der Waals surface area contributed by atoms with Gasteiger partial charge in [0.2, 0.25) is 0 Å². The van der Waals surface area contributed by atoms with Gasteiger partial charge in [-0.2, -0.15) is 0 Å². The number of carboxylic acids is 1. The van der Waals surface area contributed by atoms with Crippen molar-refractivity contribution in [3.05, 3.63) is 53.5 Å². The van der Waals surface area contributed by atoms with Crippen LogP contribution >= 0.6 is 0 Å². The van der Waals surface area contributed by atoms with Crippen LogP contribution in [0.1, 0.15) is 29.3 Å². The Bertz CT molecular complexity index is 612. The highest BCUT2D eigenvalue weighted by Gasteiger charge is 2.14. The van der Waals surface area contributed by atoms with Gasteiger partial charge in [0, 0.05) is 11.9 Å². The van der Waals surface area contributed by atoms with Crippen molar-refractivity contribution in [2.24, 2.45) is 0 Å². The van der Waals surface area contributed by atoms with Crippen LogP contribution < -0.4 is 5.32 Å². The van der Waals surface area contributed by atoms with Crippen molar-refractivity contribution in [3.8, 4) is 0 Å². The average Bonchev–Trinajstić information content (AvgIpc) is 2.43. The molecule has 104 valence electrons. The Balaban J connectivity index is 2.21. The van der Waals surface area contributed by atoms with Crippen molar-refractivity contribution < 1.29 is 14.3 Å². The molecule has 1 aromatic heterocycles. The maximum Gasteiger partial charge on any atom is 0.338 e. The second-order valence-corrected chi connectivity index (χ2v) is 4.40. The molecule has 0 saturated heterocycles. The number of aromatic nitrogens is 1. The maximum atomic E-state index is 13.9. The van der Waals surface area contributed by atoms with Crippen LogP contribution in [0, 0.1) is 5.82 Å². The van der Waals surface area contributed by atoms with Crippen molar-refractivity contribution in [2.45, 2.75) is 19.8 Å². The van der Waals surface area contributed by atoms with E-state index in [0.29, 0.717) is 5.69 Å². The minimum atomic E-state index is -1.31. The van der Waals surface area contributed by atoms with Gasteiger partial charge in [0.05, 0.1) is 0 Å². The number of anilines is 2. The van der Waals surface area contributed by atoms with E-state index < -0.39 is 17.3 Å². The van der Waals surface area contributed by atoms with Crippen LogP contribution in [-0.4, -0.2) is 16.1 Å². The molecule has 2 rings (SSSR count). The Morgan fingerprint density at radius 3 is 2.60 bits per heavy atom. The fourth-order valence-electron chi connectivity index (χ4n) is 1.88. The molecule has 20 heavy (non-hydrogen) atoms. The van der Waals surface area contributed by atoms with Gasteiger partial charge in [-0.25, -0.2) is 14.2 Å². The fourth-order valence-corrected chi connectivity index (χ4v) is 1.88. The highest BCUT2D eigenvalue weighted by Crippen LogP contribution is 2.20. The van der Waals surface area contributed by atoms with Crippen LogP contribution in [0.15, 0.2) is 36.5 Å². The predicted molar refractivity (Wildman–Crippen MR) is 74.9 cm³/mol. The number of benzene rings is 1. The van der Waals surface area contributed by atoms with E-state index >= 15 is 0 Å². The Labute approximate surface area is 116 Å². The minimum Gasteiger partial charge on any atom is -0.478 e. The van der Waals surface area contributed by atoms with Gasteiger partial charge < -0.3 is 10.4 Å². The molecule has 0 spiro atoms. The summed E-state index contributed by atoms with van der Waals surface area (Å²) < 4.78 is 13.9. The third-order valence-corrected chi connectivity index (χ3v) is 2.87. The molecule has 0 amide bonds. The van der Waals surface area contributed by atoms with Gasteiger partial charge in [0.15, 0.2) is 11.6 Å². The number of nitrogens with zero attached hydrogens (tertiary/aromatic N) is 1. The van der Waals surface area contributed by atoms with E-state index in [9.17, 15) is 9.18 Å². The molecule has 0 atom stereocenters. The summed E-state index contributed by atoms with van der Waals surface area (Å²) in [6.45, 7) is 2.10. The van der Waals surface area contributed by atoms with Crippen molar-refractivity contribution in [1.29, 1.82) is 0 Å². The van der Waals surface area contributed by atoms with E-state index in [1.807, 2.05) is 24.3 Å². The van der Waals surface area contributed by atoms with Gasteiger partial charge in [0.25, 0.3) is 0 Å². The monoisotopic (exact) mass is 274 g/mol. The standard InChI is InChI=1S/C15H15FN2O2/c1-2-3-10-4-6-11(7-5-10)18-14-13(16)12(15(19)20)8-9-17-14/h4-9H,2-3H2,1H3,(H,17,18)(H,19,20). The van der Waals surface area contributed by atoms with Crippen molar-refractivity contribution >= 4 is 17.5 Å². The Morgan fingerprint density at radius 1 is 1.30 bits per heavy atom. The zero-order chi connectivity index (χ0) is 14.5. The molecule has 0 saturated carbocycles. The summed E-state index contributed by atoms with van der Waals surface area (Å²) in [6.07, 6.45) is 3.31. The number of aryl methyl sites for hydroxylation is 1. The Hall–Kier alpha value is -2.43. The third kappa shape index (κ3) is 3.12. The molecule has 0 aliphatic heterocycles. The molecule has 4 nitrogen and oxygen atoms in total. The highest BCUT2D eigenvalue weighted by molar-refractivity contribution is 5.89. The lowest BCUT2D eigenvalue weighted by Gasteiger charge is -2.08. The van der Waals surface area contributed by atoms with Crippen LogP contribution in [-0.2, 0) is 6.42 Å². The molecule has 1 heterocycles. The van der Waals surface area contributed by atoms with E-state index in [0.717, 1.165) is 18.9 Å². The SMILES string of the molecule is CCCc1ccc(Nc2nccc(C(=O)O)c2F)cc1. The number of hydrogen-bond donors (Lipinski definition) is 2. The molecule has 0 fully saturated rings. The number of rotatable bonds is 5. The number of aromatic carboxylic acids is 1. The fraction of sp³-hybridized carbons (Fsp3) is 0.200. The van der Waals surface area contributed by atoms with E-state index in [4.69, 9.17) is 5.11 Å². The summed E-state index contributed by atoms with van der Waals surface area (Å²) >= 11 is 0. The molecule has 0 unspecified atom stereocenters. The first-order valence-corrected chi connectivity index (χ1v) is 6.35. The van der Waals surface area contributed by atoms with Crippen LogP contribution in [0.3, 0.4) is 0 Å². The smallest absolute Gasteiger partial charge is 0.338 e. The van der Waals surface area contributed by atoms with E-state index in [1.54, 1.807) is 0 Å². The molecule has 0 aliphatic rings. The number of hydrogen-bond acceptors (Lipinski definition) is 3. The predicted octanol–water partition coefficient (Wildman–Crippen LogP) is 3.62. The number of halogens is 1. The molecular formula is C15H15FN2O2. The summed E-state index contributed by atoms with van der Waals surface area (Å²) in [6, 6.07) is 8.67. The lowest BCUT2D eigenvalue weighted by atomic mass is 10.1. The van der Waals surface area contributed by atoms with Crippen LogP contribution in [0.5, 0.6) is 0 Å². The Kier molecular flexibility index (Phi) is 4.30. The van der Waals surface area contributed by atoms with Crippen molar-refractivity contribution in [1.82, 2.24) is 4.98 Å². The minimum absolute atomic E-state index is 0.0897. The van der Waals surface area contributed by atoms with Gasteiger partial charge >= 0.3 is 5.97 Å². The first-order chi connectivity index (χ1) is 9.61. The maximum absolute atomic E-state index is 13.9. The molecule has 0 aliphatic carbocycles. The molecular weight excluding hydrogens is 259 g/mol. The first kappa shape index (κ1) is 14.0. The van der Waals surface area contributed by atoms with Crippen molar-refractivity contribution in [2.75, 3.05) is 5.32 Å². The molecule has 2 N–H and O–H groups in total. The van der Waals surface area contributed by atoms with Crippen LogP contribution in [0.2, 0.25) is 0 Å². The zero-order valence-electron chi connectivity index (χ0n) is 11.1. The molecule has 5 heteroatoms. The topological polar surface area (TPSA) is 62.2 Å². The van der Waals surface area contributed by atoms with E-state index in [2.05, 4.69) is 17.2 Å². The summed E-state index contributed by atoms with van der Waals surface area (Å²) in [4.78, 5) is 14.7. The summed E-state index contributed by atoms with van der Waals surface area (Å²) in [5.74, 6) is -2.27. The summed E-state index contributed by atoms with van der Waals surface area (Å²) in [5.41, 5.74) is 1.47. The van der Waals surface area contributed by atoms with E-state index in [-0.39, 0.29) is 5.82 Å². The molecule has 1 aromatic carbocycles. The van der Waals surface area contributed by atoms with Gasteiger partial charge in [-0.05, 0) is 30.2 Å². The zero-order valence-corrected chi connectivity index (χ0v) is 11.1. The normalized spacial score (nSPS) is 10.3. The second kappa shape index (κ2) is 6.14. The number of nitrogens with one attached hydrogen (secondary N) is 1. The van der Waals surface area contributed by atoms with Gasteiger partial charge in [-0.15, -0.1) is 0 Å². The lowest BCUT2D eigenvalue weighted by Crippen LogP contribution is -2.05. The number of carboxylic acid groups (broad SMARTS) is 1. The van der Waals surface area contributed by atoms with Crippen molar-refractivity contribution in [3.63, 3.8) is 0 Å². The number of carbonyl (C=O) groups is 1. The summed E-state index contributed by atoms with van der Waals surface area (Å²) in [7, 11) is 0. The largest absolute Gasteiger partial charge is 0.478 e. The quantitative estimate of drug-likeness (QED) is 0.874. The number of pyridine rings is 1. The highest BCUT2D eigenvalue weighted by atomic mass is 19.1. The second-order valence-electron chi connectivity index (χ2n) is 4.40. The molecule has 0 radical (unpaired) electrons. The van der Waals surface area contributed by atoms with Crippen LogP contribution in [0.25, 0.3) is 0 Å².